The Labute approximate surface area is 95.6 Å². The second kappa shape index (κ2) is 2.58. The molecular formula is C9H5N3S3. The fraction of sp³-hybridized carbons (Fsp3) is 0. The first-order valence-electron chi connectivity index (χ1n) is 4.33. The lowest BCUT2D eigenvalue weighted by molar-refractivity contribution is 1.33. The number of hydrogen-bond donors (Lipinski definition) is 0. The zero-order valence-corrected chi connectivity index (χ0v) is 9.90. The van der Waals surface area contributed by atoms with Crippen molar-refractivity contribution < 1.29 is 0 Å². The van der Waals surface area contributed by atoms with E-state index in [4.69, 9.17) is 0 Å². The molecule has 0 aromatic carbocycles. The predicted molar refractivity (Wildman–Crippen MR) is 65.7 cm³/mol. The molecule has 4 heterocycles. The number of nitrogens with zero attached hydrogens (tertiary/aromatic N) is 3. The van der Waals surface area contributed by atoms with E-state index < -0.39 is 10.0 Å². The van der Waals surface area contributed by atoms with Gasteiger partial charge < -0.3 is 0 Å². The van der Waals surface area contributed by atoms with Gasteiger partial charge in [-0.3, -0.25) is 0 Å². The van der Waals surface area contributed by atoms with E-state index in [0.717, 1.165) is 10.0 Å². The van der Waals surface area contributed by atoms with Crippen LogP contribution in [-0.2, 0) is 0 Å². The Balaban J connectivity index is 1.77. The molecule has 1 atom stereocenters. The Morgan fingerprint density at radius 3 is 2.80 bits per heavy atom. The first-order chi connectivity index (χ1) is 7.38. The van der Waals surface area contributed by atoms with E-state index in [-0.39, 0.29) is 0 Å². The molecule has 4 rings (SSSR count). The van der Waals surface area contributed by atoms with Gasteiger partial charge in [0, 0.05) is 17.0 Å². The van der Waals surface area contributed by atoms with E-state index in [0.29, 0.717) is 0 Å². The number of aliphatic imine (C=N–C) groups is 1. The van der Waals surface area contributed by atoms with E-state index in [9.17, 15) is 0 Å². The van der Waals surface area contributed by atoms with Crippen molar-refractivity contribution >= 4 is 38.2 Å². The summed E-state index contributed by atoms with van der Waals surface area (Å²) in [5.41, 5.74) is 2.07. The summed E-state index contributed by atoms with van der Waals surface area (Å²) in [7, 11) is -0.788. The molecule has 0 radical (unpaired) electrons. The number of hydrogen-bond acceptors (Lipinski definition) is 5. The maximum atomic E-state index is 4.43. The maximum absolute atomic E-state index is 4.43. The topological polar surface area (TPSA) is 38.1 Å². The van der Waals surface area contributed by atoms with E-state index in [1.807, 2.05) is 17.8 Å². The van der Waals surface area contributed by atoms with Crippen molar-refractivity contribution in [3.63, 3.8) is 0 Å². The molecule has 2 aliphatic heterocycles. The fourth-order valence-electron chi connectivity index (χ4n) is 1.48. The third-order valence-corrected chi connectivity index (χ3v) is 7.61. The molecule has 0 amide bonds. The minimum absolute atomic E-state index is 0.788. The molecule has 0 bridgehead atoms. The summed E-state index contributed by atoms with van der Waals surface area (Å²) in [6.45, 7) is 0. The van der Waals surface area contributed by atoms with E-state index in [2.05, 4.69) is 25.9 Å². The van der Waals surface area contributed by atoms with Gasteiger partial charge in [-0.2, -0.15) is 0 Å². The van der Waals surface area contributed by atoms with Gasteiger partial charge in [0.05, 0.1) is 21.0 Å². The van der Waals surface area contributed by atoms with Gasteiger partial charge in [0.25, 0.3) is 0 Å². The van der Waals surface area contributed by atoms with Crippen molar-refractivity contribution in [2.45, 2.75) is 4.21 Å². The summed E-state index contributed by atoms with van der Waals surface area (Å²) in [5.74, 6) is 0. The molecule has 0 saturated heterocycles. The molecule has 3 nitrogen and oxygen atoms in total. The molecule has 1 unspecified atom stereocenters. The van der Waals surface area contributed by atoms with Gasteiger partial charge in [-0.15, -0.1) is 22.7 Å². The number of rotatable bonds is 2. The minimum Gasteiger partial charge on any atom is -0.244 e. The van der Waals surface area contributed by atoms with Crippen LogP contribution in [0, 0.1) is 0 Å². The van der Waals surface area contributed by atoms with Crippen LogP contribution in [0.15, 0.2) is 37.4 Å². The van der Waals surface area contributed by atoms with E-state index >= 15 is 0 Å². The van der Waals surface area contributed by atoms with Crippen LogP contribution in [0.25, 0.3) is 10.0 Å². The highest BCUT2D eigenvalue weighted by atomic mass is 32.3. The van der Waals surface area contributed by atoms with Crippen molar-refractivity contribution in [1.82, 2.24) is 9.97 Å². The fourth-order valence-corrected chi connectivity index (χ4v) is 5.94. The van der Waals surface area contributed by atoms with Crippen LogP contribution in [0.5, 0.6) is 0 Å². The average molecular weight is 251 g/mol. The first-order valence-corrected chi connectivity index (χ1v) is 7.79. The lowest BCUT2D eigenvalue weighted by atomic mass is 10.7. The standard InChI is InChI=1S/C9H5N3S3/c1-2-13-8(10-1)9-11-3-7(14-9)15-4-6(15)12-5-15/h1-5H. The molecule has 15 heavy (non-hydrogen) atoms. The molecule has 0 spiro atoms. The number of fused-ring (bicyclic) bond motifs is 1. The van der Waals surface area contributed by atoms with Crippen molar-refractivity contribution in [2.24, 2.45) is 4.99 Å². The highest BCUT2D eigenvalue weighted by molar-refractivity contribution is 8.55. The van der Waals surface area contributed by atoms with Crippen LogP contribution < -0.4 is 0 Å². The molecule has 0 fully saturated rings. The zero-order valence-electron chi connectivity index (χ0n) is 7.45. The van der Waals surface area contributed by atoms with Gasteiger partial charge in [0.2, 0.25) is 0 Å². The highest BCUT2D eigenvalue weighted by Gasteiger charge is 2.47. The van der Waals surface area contributed by atoms with Crippen LogP contribution in [-0.4, -0.2) is 15.5 Å². The monoisotopic (exact) mass is 251 g/mol. The molecule has 0 aliphatic carbocycles. The summed E-state index contributed by atoms with van der Waals surface area (Å²) >= 11 is 3.38. The van der Waals surface area contributed by atoms with Gasteiger partial charge in [0.15, 0.2) is 10.0 Å². The van der Waals surface area contributed by atoms with Crippen molar-refractivity contribution in [2.75, 3.05) is 0 Å². The van der Waals surface area contributed by atoms with Gasteiger partial charge in [-0.25, -0.2) is 15.0 Å². The normalized spacial score (nSPS) is 30.0. The quantitative estimate of drug-likeness (QED) is 0.821. The predicted octanol–water partition coefficient (Wildman–Crippen LogP) is 3.28. The Morgan fingerprint density at radius 2 is 2.20 bits per heavy atom. The molecule has 0 saturated carbocycles. The van der Waals surface area contributed by atoms with Crippen LogP contribution in [0.3, 0.4) is 0 Å². The molecule has 2 aromatic rings. The summed E-state index contributed by atoms with van der Waals surface area (Å²) < 4.78 is 1.35. The molecule has 0 N–H and O–H groups in total. The second-order valence-corrected chi connectivity index (χ2v) is 8.13. The molecule has 2 aliphatic rings. The lowest BCUT2D eigenvalue weighted by Crippen LogP contribution is -1.90. The van der Waals surface area contributed by atoms with Crippen molar-refractivity contribution in [1.29, 1.82) is 0 Å². The Morgan fingerprint density at radius 1 is 1.20 bits per heavy atom. The summed E-state index contributed by atoms with van der Waals surface area (Å²) in [4.78, 5) is 12.9. The van der Waals surface area contributed by atoms with E-state index in [1.54, 1.807) is 22.7 Å². The van der Waals surface area contributed by atoms with Crippen LogP contribution in [0.1, 0.15) is 0 Å². The number of aromatic nitrogens is 2. The Kier molecular flexibility index (Phi) is 1.41. The maximum Gasteiger partial charge on any atom is 0.153 e. The lowest BCUT2D eigenvalue weighted by Gasteiger charge is -2.19. The van der Waals surface area contributed by atoms with Crippen LogP contribution in [0.4, 0.5) is 0 Å². The first kappa shape index (κ1) is 8.20. The molecule has 6 heteroatoms. The SMILES string of the molecule is C1=NC2=CS12c1cnc(-c2nccs2)s1. The van der Waals surface area contributed by atoms with Crippen LogP contribution >= 0.6 is 32.7 Å². The summed E-state index contributed by atoms with van der Waals surface area (Å²) in [5, 5.41) is 7.55. The van der Waals surface area contributed by atoms with Gasteiger partial charge >= 0.3 is 0 Å². The summed E-state index contributed by atoms with van der Waals surface area (Å²) in [6, 6.07) is 0. The van der Waals surface area contributed by atoms with E-state index in [1.165, 1.54) is 9.24 Å². The molecular weight excluding hydrogens is 246 g/mol. The third-order valence-electron chi connectivity index (χ3n) is 2.35. The smallest absolute Gasteiger partial charge is 0.153 e. The minimum atomic E-state index is -0.788. The Hall–Kier alpha value is -0.980. The Bertz CT molecular complexity index is 592. The van der Waals surface area contributed by atoms with Gasteiger partial charge in [0.1, 0.15) is 0 Å². The summed E-state index contributed by atoms with van der Waals surface area (Å²) in [6.07, 6.45) is 3.79. The van der Waals surface area contributed by atoms with Gasteiger partial charge in [-0.05, 0) is 0 Å². The molecule has 74 valence electrons. The third kappa shape index (κ3) is 0.987. The second-order valence-electron chi connectivity index (χ2n) is 3.22. The number of thiazole rings is 2. The van der Waals surface area contributed by atoms with Crippen molar-refractivity contribution in [3.8, 4) is 10.0 Å². The zero-order chi connectivity index (χ0) is 9.88. The van der Waals surface area contributed by atoms with Gasteiger partial charge in [-0.1, -0.05) is 10.0 Å². The van der Waals surface area contributed by atoms with Crippen LogP contribution in [0.2, 0.25) is 0 Å². The highest BCUT2D eigenvalue weighted by Crippen LogP contribution is 2.80. The average Bonchev–Trinajstić information content (AvgIpc) is 2.77. The molecule has 2 aromatic heterocycles. The largest absolute Gasteiger partial charge is 0.244 e. The van der Waals surface area contributed by atoms with Crippen molar-refractivity contribution in [3.05, 3.63) is 28.2 Å².